The Balaban J connectivity index is 1.46. The van der Waals surface area contributed by atoms with Crippen LogP contribution in [-0.4, -0.2) is 54.5 Å². The number of non-ortho nitro benzene ring substituents is 1. The molecule has 2 aliphatic rings. The molecule has 160 valence electrons. The van der Waals surface area contributed by atoms with Crippen LogP contribution in [0.4, 0.5) is 17.1 Å². The first-order valence-electron chi connectivity index (χ1n) is 10.0. The summed E-state index contributed by atoms with van der Waals surface area (Å²) in [7, 11) is 0. The molecule has 9 heteroatoms. The van der Waals surface area contributed by atoms with Gasteiger partial charge in [0.25, 0.3) is 11.6 Å². The normalized spacial score (nSPS) is 17.3. The second kappa shape index (κ2) is 9.07. The predicted octanol–water partition coefficient (Wildman–Crippen LogP) is 2.75. The fourth-order valence-corrected chi connectivity index (χ4v) is 3.58. The molecule has 2 aromatic carbocycles. The maximum atomic E-state index is 12.4. The lowest BCUT2D eigenvalue weighted by molar-refractivity contribution is -0.384. The summed E-state index contributed by atoms with van der Waals surface area (Å²) in [5, 5.41) is 16.5. The Hall–Kier alpha value is -3.56. The summed E-state index contributed by atoms with van der Waals surface area (Å²) in [6.07, 6.45) is 2.05. The highest BCUT2D eigenvalue weighted by molar-refractivity contribution is 6.35. The smallest absolute Gasteiger partial charge is 0.269 e. The third-order valence-electron chi connectivity index (χ3n) is 5.26. The second-order valence-electron chi connectivity index (χ2n) is 7.37. The molecule has 0 bridgehead atoms. The molecule has 2 N–H and O–H groups in total. The van der Waals surface area contributed by atoms with Gasteiger partial charge < -0.3 is 15.4 Å². The Kier molecular flexibility index (Phi) is 6.06. The van der Waals surface area contributed by atoms with E-state index < -0.39 is 4.92 Å². The van der Waals surface area contributed by atoms with Gasteiger partial charge in [-0.2, -0.15) is 0 Å². The van der Waals surface area contributed by atoms with Crippen molar-refractivity contribution in [1.82, 2.24) is 4.90 Å². The second-order valence-corrected chi connectivity index (χ2v) is 7.37. The Morgan fingerprint density at radius 3 is 2.65 bits per heavy atom. The van der Waals surface area contributed by atoms with Crippen LogP contribution in [0.1, 0.15) is 17.5 Å². The van der Waals surface area contributed by atoms with Crippen LogP contribution in [-0.2, 0) is 14.3 Å². The van der Waals surface area contributed by atoms with Gasteiger partial charge in [0.2, 0.25) is 5.91 Å². The minimum absolute atomic E-state index is 0.0134. The Labute approximate surface area is 178 Å². The molecule has 1 saturated heterocycles. The number of hydrogen-bond acceptors (Lipinski definition) is 6. The molecule has 2 aromatic rings. The number of hydrogen-bond donors (Lipinski definition) is 2. The first-order valence-corrected chi connectivity index (χ1v) is 10.0. The monoisotopic (exact) mass is 422 g/mol. The van der Waals surface area contributed by atoms with E-state index in [2.05, 4.69) is 15.5 Å². The average molecular weight is 422 g/mol. The Morgan fingerprint density at radius 2 is 1.94 bits per heavy atom. The molecule has 0 unspecified atom stereocenters. The molecule has 0 spiro atoms. The van der Waals surface area contributed by atoms with Crippen LogP contribution >= 0.6 is 0 Å². The summed E-state index contributed by atoms with van der Waals surface area (Å²) >= 11 is 0. The van der Waals surface area contributed by atoms with Crippen molar-refractivity contribution in [3.05, 3.63) is 63.7 Å². The summed E-state index contributed by atoms with van der Waals surface area (Å²) < 4.78 is 5.31. The minimum Gasteiger partial charge on any atom is -0.379 e. The number of rotatable bonds is 6. The molecule has 0 radical (unpaired) electrons. The van der Waals surface area contributed by atoms with Crippen LogP contribution in [0.5, 0.6) is 0 Å². The summed E-state index contributed by atoms with van der Waals surface area (Å²) in [6, 6.07) is 11.2. The van der Waals surface area contributed by atoms with E-state index in [0.29, 0.717) is 54.3 Å². The number of benzene rings is 2. The Morgan fingerprint density at radius 1 is 1.19 bits per heavy atom. The van der Waals surface area contributed by atoms with E-state index in [0.717, 1.165) is 13.1 Å². The van der Waals surface area contributed by atoms with Crippen molar-refractivity contribution in [3.8, 4) is 0 Å². The van der Waals surface area contributed by atoms with E-state index in [1.807, 2.05) is 0 Å². The van der Waals surface area contributed by atoms with Gasteiger partial charge in [-0.15, -0.1) is 0 Å². The van der Waals surface area contributed by atoms with Crippen molar-refractivity contribution in [2.24, 2.45) is 0 Å². The number of nitro benzene ring substituents is 1. The van der Waals surface area contributed by atoms with E-state index >= 15 is 0 Å². The fraction of sp³-hybridized carbons (Fsp3) is 0.273. The van der Waals surface area contributed by atoms with Gasteiger partial charge in [0.15, 0.2) is 0 Å². The van der Waals surface area contributed by atoms with Crippen molar-refractivity contribution >= 4 is 40.5 Å². The Bertz CT molecular complexity index is 1040. The van der Waals surface area contributed by atoms with E-state index in [-0.39, 0.29) is 17.5 Å². The number of carbonyl (C=O) groups excluding carboxylic acids is 2. The van der Waals surface area contributed by atoms with Crippen molar-refractivity contribution in [3.63, 3.8) is 0 Å². The molecule has 0 atom stereocenters. The van der Waals surface area contributed by atoms with E-state index in [1.54, 1.807) is 36.4 Å². The molecule has 0 aliphatic carbocycles. The molecule has 2 aliphatic heterocycles. The largest absolute Gasteiger partial charge is 0.379 e. The molecule has 9 nitrogen and oxygen atoms in total. The first kappa shape index (κ1) is 20.7. The molecule has 0 saturated carbocycles. The molecule has 4 rings (SSSR count). The summed E-state index contributed by atoms with van der Waals surface area (Å²) in [4.78, 5) is 37.3. The highest BCUT2D eigenvalue weighted by atomic mass is 16.6. The third-order valence-corrected chi connectivity index (χ3v) is 5.26. The molecule has 2 heterocycles. The van der Waals surface area contributed by atoms with Gasteiger partial charge >= 0.3 is 0 Å². The summed E-state index contributed by atoms with van der Waals surface area (Å²) in [5.41, 5.74) is 3.04. The van der Waals surface area contributed by atoms with E-state index in [4.69, 9.17) is 4.74 Å². The number of carbonyl (C=O) groups is 2. The molecule has 2 amide bonds. The number of anilines is 2. The zero-order chi connectivity index (χ0) is 21.8. The van der Waals surface area contributed by atoms with Crippen LogP contribution in [0.2, 0.25) is 0 Å². The lowest BCUT2D eigenvalue weighted by Crippen LogP contribution is -2.38. The zero-order valence-electron chi connectivity index (χ0n) is 16.8. The van der Waals surface area contributed by atoms with Crippen molar-refractivity contribution in [1.29, 1.82) is 0 Å². The van der Waals surface area contributed by atoms with Crippen molar-refractivity contribution < 1.29 is 19.2 Å². The molecule has 1 fully saturated rings. The lowest BCUT2D eigenvalue weighted by atomic mass is 10.0. The van der Waals surface area contributed by atoms with Gasteiger partial charge in [-0.3, -0.25) is 24.6 Å². The maximum absolute atomic E-state index is 12.4. The van der Waals surface area contributed by atoms with Gasteiger partial charge in [-0.25, -0.2) is 0 Å². The topological polar surface area (TPSA) is 114 Å². The predicted molar refractivity (Wildman–Crippen MR) is 117 cm³/mol. The standard InChI is InChI=1S/C22H22N4O5/c27-21(7-8-25-9-11-31-12-10-25)23-16-3-6-20-18(14-16)19(22(28)24-20)13-15-1-4-17(5-2-15)26(29)30/h1-6,13-14H,7-12H2,(H,23,27)(H,24,28)/b19-13+. The van der Waals surface area contributed by atoms with Crippen molar-refractivity contribution in [2.45, 2.75) is 6.42 Å². The third kappa shape index (κ3) is 4.96. The number of amides is 2. The number of morpholine rings is 1. The lowest BCUT2D eigenvalue weighted by Gasteiger charge is -2.26. The molecule has 31 heavy (non-hydrogen) atoms. The van der Waals surface area contributed by atoms with E-state index in [1.165, 1.54) is 12.1 Å². The van der Waals surface area contributed by atoms with Crippen molar-refractivity contribution in [2.75, 3.05) is 43.5 Å². The summed E-state index contributed by atoms with van der Waals surface area (Å²) in [6.45, 7) is 3.72. The number of nitrogens with one attached hydrogen (secondary N) is 2. The van der Waals surface area contributed by atoms with Crippen LogP contribution in [0.15, 0.2) is 42.5 Å². The van der Waals surface area contributed by atoms with Crippen LogP contribution < -0.4 is 10.6 Å². The van der Waals surface area contributed by atoms with Gasteiger partial charge in [0.1, 0.15) is 0 Å². The number of nitrogens with zero attached hydrogens (tertiary/aromatic N) is 2. The average Bonchev–Trinajstić information content (AvgIpc) is 3.08. The van der Waals surface area contributed by atoms with Crippen LogP contribution in [0, 0.1) is 10.1 Å². The number of ether oxygens (including phenoxy) is 1. The summed E-state index contributed by atoms with van der Waals surface area (Å²) in [5.74, 6) is -0.353. The van der Waals surface area contributed by atoms with Gasteiger partial charge in [-0.1, -0.05) is 0 Å². The maximum Gasteiger partial charge on any atom is 0.269 e. The highest BCUT2D eigenvalue weighted by Crippen LogP contribution is 2.35. The molecular formula is C22H22N4O5. The molecule has 0 aromatic heterocycles. The minimum atomic E-state index is -0.470. The zero-order valence-corrected chi connectivity index (χ0v) is 16.8. The number of fused-ring (bicyclic) bond motifs is 1. The number of nitro groups is 1. The SMILES string of the molecule is O=C(CCN1CCOCC1)Nc1ccc2c(c1)/C(=C\c1ccc([N+](=O)[O-])cc1)C(=O)N2. The fourth-order valence-electron chi connectivity index (χ4n) is 3.58. The van der Waals surface area contributed by atoms with Gasteiger partial charge in [0.05, 0.1) is 18.1 Å². The highest BCUT2D eigenvalue weighted by Gasteiger charge is 2.24. The van der Waals surface area contributed by atoms with Gasteiger partial charge in [-0.05, 0) is 42.0 Å². The quantitative estimate of drug-likeness (QED) is 0.420. The van der Waals surface area contributed by atoms with E-state index in [9.17, 15) is 19.7 Å². The first-order chi connectivity index (χ1) is 15.0. The van der Waals surface area contributed by atoms with Crippen LogP contribution in [0.25, 0.3) is 11.6 Å². The van der Waals surface area contributed by atoms with Crippen LogP contribution in [0.3, 0.4) is 0 Å². The van der Waals surface area contributed by atoms with Gasteiger partial charge in [0, 0.05) is 60.7 Å². The molecular weight excluding hydrogens is 400 g/mol.